The lowest BCUT2D eigenvalue weighted by molar-refractivity contribution is -0.111. The second-order valence-electron chi connectivity index (χ2n) is 6.67. The molecule has 144 valence electrons. The lowest BCUT2D eigenvalue weighted by Crippen LogP contribution is -2.37. The molecular formula is C22H21FN2O3. The number of anilines is 1. The molecule has 1 fully saturated rings. The van der Waals surface area contributed by atoms with Crippen LogP contribution in [0.25, 0.3) is 0 Å². The van der Waals surface area contributed by atoms with Crippen molar-refractivity contribution in [1.82, 2.24) is 4.90 Å². The molecule has 1 aliphatic heterocycles. The summed E-state index contributed by atoms with van der Waals surface area (Å²) in [5.74, 6) is -1.15. The smallest absolute Gasteiger partial charge is 0.256 e. The molecule has 1 atom stereocenters. The van der Waals surface area contributed by atoms with Crippen LogP contribution in [0.15, 0.2) is 61.2 Å². The van der Waals surface area contributed by atoms with Crippen LogP contribution in [0, 0.1) is 5.82 Å². The van der Waals surface area contributed by atoms with Crippen molar-refractivity contribution in [3.8, 4) is 0 Å². The van der Waals surface area contributed by atoms with Crippen molar-refractivity contribution in [2.45, 2.75) is 25.3 Å². The average Bonchev–Trinajstić information content (AvgIpc) is 3.16. The Morgan fingerprint density at radius 2 is 1.86 bits per heavy atom. The Kier molecular flexibility index (Phi) is 5.99. The van der Waals surface area contributed by atoms with Gasteiger partial charge in [-0.3, -0.25) is 14.4 Å². The predicted octanol–water partition coefficient (Wildman–Crippen LogP) is 3.83. The first kappa shape index (κ1) is 19.5. The molecule has 3 rings (SSSR count). The summed E-state index contributed by atoms with van der Waals surface area (Å²) in [6.45, 7) is 3.96. The molecule has 0 aliphatic carbocycles. The van der Waals surface area contributed by atoms with Crippen molar-refractivity contribution in [2.24, 2.45) is 0 Å². The molecular weight excluding hydrogens is 359 g/mol. The zero-order valence-corrected chi connectivity index (χ0v) is 15.4. The maximum absolute atomic E-state index is 13.1. The Morgan fingerprint density at radius 3 is 2.57 bits per heavy atom. The van der Waals surface area contributed by atoms with Gasteiger partial charge in [0, 0.05) is 24.6 Å². The van der Waals surface area contributed by atoms with Crippen molar-refractivity contribution in [1.29, 1.82) is 0 Å². The number of Topliss-reactive ketones (excluding diaryl/α,β-unsaturated/α-hetero) is 1. The highest BCUT2D eigenvalue weighted by Gasteiger charge is 2.32. The third-order valence-electron chi connectivity index (χ3n) is 4.83. The molecule has 1 unspecified atom stereocenters. The number of amides is 2. The molecule has 1 saturated heterocycles. The van der Waals surface area contributed by atoms with E-state index in [1.165, 1.54) is 24.3 Å². The minimum atomic E-state index is -0.398. The quantitative estimate of drug-likeness (QED) is 0.612. The molecule has 6 heteroatoms. The summed E-state index contributed by atoms with van der Waals surface area (Å²) >= 11 is 0. The monoisotopic (exact) mass is 380 g/mol. The van der Waals surface area contributed by atoms with Crippen LogP contribution in [0.3, 0.4) is 0 Å². The number of halogens is 1. The molecule has 5 nitrogen and oxygen atoms in total. The van der Waals surface area contributed by atoms with Crippen LogP contribution >= 0.6 is 0 Å². The number of hydrogen-bond acceptors (Lipinski definition) is 3. The van der Waals surface area contributed by atoms with Gasteiger partial charge in [-0.2, -0.15) is 0 Å². The van der Waals surface area contributed by atoms with Crippen molar-refractivity contribution in [3.05, 3.63) is 78.1 Å². The minimum absolute atomic E-state index is 0.127. The predicted molar refractivity (Wildman–Crippen MR) is 105 cm³/mol. The SMILES string of the molecule is C=CC(=O)Nc1ccccc1C(=O)N1CCCC1CC(=O)c1ccc(F)cc1. The molecule has 2 aromatic rings. The van der Waals surface area contributed by atoms with Crippen LogP contribution in [0.2, 0.25) is 0 Å². The van der Waals surface area contributed by atoms with Gasteiger partial charge in [0.1, 0.15) is 5.82 Å². The molecule has 0 bridgehead atoms. The Labute approximate surface area is 162 Å². The molecule has 1 aliphatic rings. The number of likely N-dealkylation sites (tertiary alicyclic amines) is 1. The van der Waals surface area contributed by atoms with Gasteiger partial charge in [-0.05, 0) is 55.3 Å². The summed E-state index contributed by atoms with van der Waals surface area (Å²) < 4.78 is 13.1. The number of nitrogens with one attached hydrogen (secondary N) is 1. The number of carbonyl (C=O) groups excluding carboxylic acids is 3. The van der Waals surface area contributed by atoms with Crippen LogP contribution in [0.4, 0.5) is 10.1 Å². The summed E-state index contributed by atoms with van der Waals surface area (Å²) in [4.78, 5) is 39.0. The number of hydrogen-bond donors (Lipinski definition) is 1. The molecule has 28 heavy (non-hydrogen) atoms. The average molecular weight is 380 g/mol. The number of para-hydroxylation sites is 1. The van der Waals surface area contributed by atoms with Gasteiger partial charge in [0.2, 0.25) is 5.91 Å². The van der Waals surface area contributed by atoms with E-state index in [-0.39, 0.29) is 24.2 Å². The van der Waals surface area contributed by atoms with Gasteiger partial charge in [-0.25, -0.2) is 4.39 Å². The molecule has 0 aromatic heterocycles. The van der Waals surface area contributed by atoms with E-state index in [1.54, 1.807) is 29.2 Å². The summed E-state index contributed by atoms with van der Waals surface area (Å²) in [6, 6.07) is 12.0. The Morgan fingerprint density at radius 1 is 1.14 bits per heavy atom. The molecule has 2 amide bonds. The molecule has 1 N–H and O–H groups in total. The number of benzene rings is 2. The van der Waals surface area contributed by atoms with Gasteiger partial charge in [-0.15, -0.1) is 0 Å². The van der Waals surface area contributed by atoms with Gasteiger partial charge in [0.15, 0.2) is 5.78 Å². The highest BCUT2D eigenvalue weighted by molar-refractivity contribution is 6.06. The van der Waals surface area contributed by atoms with E-state index in [2.05, 4.69) is 11.9 Å². The first-order chi connectivity index (χ1) is 13.5. The van der Waals surface area contributed by atoms with Crippen molar-refractivity contribution in [2.75, 3.05) is 11.9 Å². The second-order valence-corrected chi connectivity index (χ2v) is 6.67. The van der Waals surface area contributed by atoms with Gasteiger partial charge < -0.3 is 10.2 Å². The standard InChI is InChI=1S/C22H21FN2O3/c1-2-21(27)24-19-8-4-3-7-18(19)22(28)25-13-5-6-17(25)14-20(26)15-9-11-16(23)12-10-15/h2-4,7-12,17H,1,5-6,13-14H2,(H,24,27). The van der Waals surface area contributed by atoms with Crippen molar-refractivity contribution < 1.29 is 18.8 Å². The summed E-state index contributed by atoms with van der Waals surface area (Å²) in [7, 11) is 0. The first-order valence-electron chi connectivity index (χ1n) is 9.12. The van der Waals surface area contributed by atoms with Gasteiger partial charge in [0.05, 0.1) is 11.3 Å². The van der Waals surface area contributed by atoms with Crippen LogP contribution in [-0.4, -0.2) is 35.1 Å². The summed E-state index contributed by atoms with van der Waals surface area (Å²) in [6.07, 6.45) is 2.84. The van der Waals surface area contributed by atoms with Crippen molar-refractivity contribution in [3.63, 3.8) is 0 Å². The third kappa shape index (κ3) is 4.34. The van der Waals surface area contributed by atoms with E-state index in [1.807, 2.05) is 0 Å². The Hall–Kier alpha value is -3.28. The minimum Gasteiger partial charge on any atom is -0.335 e. The zero-order valence-electron chi connectivity index (χ0n) is 15.4. The second kappa shape index (κ2) is 8.61. The lowest BCUT2D eigenvalue weighted by atomic mass is 10.0. The van der Waals surface area contributed by atoms with E-state index >= 15 is 0 Å². The molecule has 0 spiro atoms. The topological polar surface area (TPSA) is 66.5 Å². The van der Waals surface area contributed by atoms with Gasteiger partial charge >= 0.3 is 0 Å². The van der Waals surface area contributed by atoms with E-state index in [9.17, 15) is 18.8 Å². The fraction of sp³-hybridized carbons (Fsp3) is 0.227. The zero-order chi connectivity index (χ0) is 20.1. The van der Waals surface area contributed by atoms with E-state index < -0.39 is 11.7 Å². The van der Waals surface area contributed by atoms with Crippen LogP contribution in [0.5, 0.6) is 0 Å². The fourth-order valence-electron chi connectivity index (χ4n) is 3.40. The maximum atomic E-state index is 13.1. The highest BCUT2D eigenvalue weighted by atomic mass is 19.1. The third-order valence-corrected chi connectivity index (χ3v) is 4.83. The van der Waals surface area contributed by atoms with Crippen molar-refractivity contribution >= 4 is 23.3 Å². The fourth-order valence-corrected chi connectivity index (χ4v) is 3.40. The maximum Gasteiger partial charge on any atom is 0.256 e. The van der Waals surface area contributed by atoms with Crippen LogP contribution in [-0.2, 0) is 4.79 Å². The number of carbonyl (C=O) groups is 3. The number of ketones is 1. The molecule has 0 saturated carbocycles. The van der Waals surface area contributed by atoms with Gasteiger partial charge in [-0.1, -0.05) is 18.7 Å². The largest absolute Gasteiger partial charge is 0.335 e. The van der Waals surface area contributed by atoms with Crippen LogP contribution < -0.4 is 5.32 Å². The molecule has 0 radical (unpaired) electrons. The number of nitrogens with zero attached hydrogens (tertiary/aromatic N) is 1. The summed E-state index contributed by atoms with van der Waals surface area (Å²) in [5, 5.41) is 2.64. The Bertz CT molecular complexity index is 908. The normalized spacial score (nSPS) is 15.9. The lowest BCUT2D eigenvalue weighted by Gasteiger charge is -2.25. The van der Waals surface area contributed by atoms with E-state index in [4.69, 9.17) is 0 Å². The van der Waals surface area contributed by atoms with E-state index in [0.717, 1.165) is 18.9 Å². The first-order valence-corrected chi connectivity index (χ1v) is 9.12. The number of rotatable bonds is 6. The molecule has 1 heterocycles. The molecule has 2 aromatic carbocycles. The van der Waals surface area contributed by atoms with Gasteiger partial charge in [0.25, 0.3) is 5.91 Å². The van der Waals surface area contributed by atoms with Crippen LogP contribution in [0.1, 0.15) is 40.0 Å². The highest BCUT2D eigenvalue weighted by Crippen LogP contribution is 2.26. The summed E-state index contributed by atoms with van der Waals surface area (Å²) in [5.41, 5.74) is 1.21. The Balaban J connectivity index is 1.76. The van der Waals surface area contributed by atoms with E-state index in [0.29, 0.717) is 23.4 Å².